The zero-order valence-electron chi connectivity index (χ0n) is 19.5. The van der Waals surface area contributed by atoms with Crippen molar-refractivity contribution in [3.8, 4) is 0 Å². The maximum Gasteiger partial charge on any atom is 0.277 e. The van der Waals surface area contributed by atoms with Crippen LogP contribution in [0.25, 0.3) is 0 Å². The topological polar surface area (TPSA) is 55.0 Å². The molecule has 2 heterocycles. The quantitative estimate of drug-likeness (QED) is 0.390. The second-order valence-electron chi connectivity index (χ2n) is 8.53. The van der Waals surface area contributed by atoms with E-state index in [2.05, 4.69) is 77.9 Å². The lowest BCUT2D eigenvalue weighted by Gasteiger charge is -2.28. The molecular weight excluding hydrogens is 441 g/mol. The monoisotopic (exact) mass is 468 g/mol. The smallest absolute Gasteiger partial charge is 0.267 e. The van der Waals surface area contributed by atoms with E-state index in [0.29, 0.717) is 17.7 Å². The van der Waals surface area contributed by atoms with Crippen LogP contribution < -0.4 is 32.1 Å². The largest absolute Gasteiger partial charge is 0.277 e. The van der Waals surface area contributed by atoms with Gasteiger partial charge in [-0.3, -0.25) is 9.59 Å². The molecule has 6 heteroatoms. The molecule has 5 aromatic rings. The molecule has 34 heavy (non-hydrogen) atoms. The van der Waals surface area contributed by atoms with Crippen LogP contribution in [-0.4, -0.2) is 9.03 Å². The zero-order valence-corrected chi connectivity index (χ0v) is 20.4. The summed E-state index contributed by atoms with van der Waals surface area (Å²) in [4.78, 5) is 25.7. The van der Waals surface area contributed by atoms with Crippen LogP contribution in [0.5, 0.6) is 0 Å². The summed E-state index contributed by atoms with van der Waals surface area (Å²) in [5, 5.41) is 7.54. The number of rotatable bonds is 6. The molecule has 0 spiro atoms. The first-order valence-electron chi connectivity index (χ1n) is 11.3. The van der Waals surface area contributed by atoms with E-state index in [4.69, 9.17) is 0 Å². The highest BCUT2D eigenvalue weighted by Crippen LogP contribution is 2.51. The van der Waals surface area contributed by atoms with Crippen molar-refractivity contribution in [3.63, 3.8) is 0 Å². The van der Waals surface area contributed by atoms with Gasteiger partial charge in [0.15, 0.2) is 7.41 Å². The summed E-state index contributed by atoms with van der Waals surface area (Å²) < 4.78 is 3.06. The Hall–Kier alpha value is -3.53. The van der Waals surface area contributed by atoms with Crippen molar-refractivity contribution < 1.29 is 0 Å². The molecule has 0 saturated carbocycles. The number of fused-ring (bicyclic) bond motifs is 1. The summed E-state index contributed by atoms with van der Waals surface area (Å²) in [7, 11) is -2.28. The van der Waals surface area contributed by atoms with Crippen LogP contribution >= 0.6 is 7.41 Å². The molecule has 5 rings (SSSR count). The predicted molar refractivity (Wildman–Crippen MR) is 141 cm³/mol. The Morgan fingerprint density at radius 3 is 1.47 bits per heavy atom. The fourth-order valence-electron chi connectivity index (χ4n) is 4.74. The number of hydrogen-bond acceptors (Lipinski definition) is 3. The van der Waals surface area contributed by atoms with Crippen molar-refractivity contribution in [1.29, 1.82) is 0 Å². The van der Waals surface area contributed by atoms with Crippen LogP contribution in [0.2, 0.25) is 0 Å². The van der Waals surface area contributed by atoms with Crippen molar-refractivity contribution in [2.24, 2.45) is 0 Å². The van der Waals surface area contributed by atoms with Crippen molar-refractivity contribution in [2.45, 2.75) is 27.3 Å². The Balaban J connectivity index is 1.74. The maximum absolute atomic E-state index is 13.0. The van der Waals surface area contributed by atoms with Crippen LogP contribution in [0.1, 0.15) is 22.5 Å². The van der Waals surface area contributed by atoms with E-state index >= 15 is 0 Å². The summed E-state index contributed by atoms with van der Waals surface area (Å²) in [6.45, 7) is 5.92. The van der Waals surface area contributed by atoms with E-state index in [9.17, 15) is 9.59 Å². The molecule has 0 aliphatic carbocycles. The molecule has 0 aliphatic rings. The van der Waals surface area contributed by atoms with Gasteiger partial charge in [-0.2, -0.15) is 9.60 Å². The number of aromatic nitrogens is 2. The standard InChI is InChI=1S/C28H27N3O2P/c1-20-22(3)30-26(21(2)28(33)31(30)27(20)32)19-29-34(23-13-7-4-8-14-23,24-15-9-5-10-16-24)25-17-11-6-12-18-25/h4-18,29H,19H2,1-3H3/q+1. The number of nitrogens with one attached hydrogen (secondary N) is 1. The third-order valence-corrected chi connectivity index (χ3v) is 10.5. The zero-order chi connectivity index (χ0) is 23.9. The van der Waals surface area contributed by atoms with Crippen molar-refractivity contribution >= 4 is 23.3 Å². The lowest BCUT2D eigenvalue weighted by atomic mass is 10.2. The molecule has 0 atom stereocenters. The summed E-state index contributed by atoms with van der Waals surface area (Å²) in [6, 6.07) is 31.5. The number of benzene rings is 3. The summed E-state index contributed by atoms with van der Waals surface area (Å²) in [5.74, 6) is 0. The molecule has 0 amide bonds. The van der Waals surface area contributed by atoms with Gasteiger partial charge in [-0.05, 0) is 57.2 Å². The van der Waals surface area contributed by atoms with Crippen LogP contribution in [-0.2, 0) is 6.54 Å². The first kappa shape index (κ1) is 22.3. The second-order valence-corrected chi connectivity index (χ2v) is 11.7. The van der Waals surface area contributed by atoms with Gasteiger partial charge in [0.1, 0.15) is 15.9 Å². The highest BCUT2D eigenvalue weighted by Gasteiger charge is 2.45. The first-order valence-corrected chi connectivity index (χ1v) is 13.1. The third-order valence-electron chi connectivity index (χ3n) is 6.69. The number of hydrogen-bond donors (Lipinski definition) is 1. The Morgan fingerprint density at radius 2 is 1.03 bits per heavy atom. The van der Waals surface area contributed by atoms with E-state index in [1.165, 1.54) is 20.4 Å². The minimum atomic E-state index is -2.28. The molecule has 0 fully saturated rings. The molecule has 0 radical (unpaired) electrons. The molecule has 2 aromatic heterocycles. The average Bonchev–Trinajstić information content (AvgIpc) is 3.27. The van der Waals surface area contributed by atoms with Crippen molar-refractivity contribution in [2.75, 3.05) is 0 Å². The van der Waals surface area contributed by atoms with Gasteiger partial charge >= 0.3 is 0 Å². The van der Waals surface area contributed by atoms with Crippen LogP contribution in [0, 0.1) is 20.8 Å². The van der Waals surface area contributed by atoms with Gasteiger partial charge in [-0.1, -0.05) is 54.6 Å². The molecule has 0 unspecified atom stereocenters. The van der Waals surface area contributed by atoms with Crippen molar-refractivity contribution in [1.82, 2.24) is 14.1 Å². The SMILES string of the molecule is Cc1c(C)n2c(CN[P+](c3ccccc3)(c3ccccc3)c3ccccc3)c(C)c(=O)n2c1=O. The predicted octanol–water partition coefficient (Wildman–Crippen LogP) is 3.12. The number of aryl methyl sites for hydroxylation is 1. The molecule has 3 aromatic carbocycles. The second kappa shape index (κ2) is 8.68. The van der Waals surface area contributed by atoms with Gasteiger partial charge in [0.2, 0.25) is 0 Å². The average molecular weight is 469 g/mol. The van der Waals surface area contributed by atoms with Gasteiger partial charge in [0, 0.05) is 16.8 Å². The molecule has 0 saturated heterocycles. The van der Waals surface area contributed by atoms with Crippen LogP contribution in [0.4, 0.5) is 0 Å². The summed E-state index contributed by atoms with van der Waals surface area (Å²) in [5.41, 5.74) is 2.33. The lowest BCUT2D eigenvalue weighted by Crippen LogP contribution is -2.40. The van der Waals surface area contributed by atoms with E-state index < -0.39 is 7.41 Å². The maximum atomic E-state index is 13.0. The minimum absolute atomic E-state index is 0.243. The van der Waals surface area contributed by atoms with E-state index in [0.717, 1.165) is 11.4 Å². The molecule has 170 valence electrons. The Labute approximate surface area is 199 Å². The molecular formula is C28H27N3O2P+. The van der Waals surface area contributed by atoms with E-state index in [1.54, 1.807) is 18.4 Å². The molecule has 0 aliphatic heterocycles. The highest BCUT2D eigenvalue weighted by atomic mass is 31.2. The van der Waals surface area contributed by atoms with Crippen LogP contribution in [0.3, 0.4) is 0 Å². The Kier molecular flexibility index (Phi) is 5.68. The lowest BCUT2D eigenvalue weighted by molar-refractivity contribution is 0.733. The number of nitrogens with zero attached hydrogens (tertiary/aromatic N) is 2. The Morgan fingerprint density at radius 1 is 0.618 bits per heavy atom. The highest BCUT2D eigenvalue weighted by molar-refractivity contribution is 7.94. The summed E-state index contributed by atoms with van der Waals surface area (Å²) in [6.07, 6.45) is 0. The summed E-state index contributed by atoms with van der Waals surface area (Å²) >= 11 is 0. The molecule has 5 nitrogen and oxygen atoms in total. The first-order chi connectivity index (χ1) is 16.5. The Bertz CT molecular complexity index is 1460. The van der Waals surface area contributed by atoms with Gasteiger partial charge < -0.3 is 0 Å². The molecule has 0 bridgehead atoms. The normalized spacial score (nSPS) is 11.9. The van der Waals surface area contributed by atoms with Crippen molar-refractivity contribution in [3.05, 3.63) is 134 Å². The fraction of sp³-hybridized carbons (Fsp3) is 0.143. The minimum Gasteiger partial charge on any atom is -0.267 e. The van der Waals surface area contributed by atoms with Gasteiger partial charge in [-0.15, -0.1) is 0 Å². The fourth-order valence-corrected chi connectivity index (χ4v) is 8.42. The van der Waals surface area contributed by atoms with Gasteiger partial charge in [0.25, 0.3) is 11.1 Å². The van der Waals surface area contributed by atoms with Gasteiger partial charge in [0.05, 0.1) is 12.2 Å². The molecule has 1 N–H and O–H groups in total. The van der Waals surface area contributed by atoms with Gasteiger partial charge in [-0.25, -0.2) is 4.52 Å². The third kappa shape index (κ3) is 3.32. The van der Waals surface area contributed by atoms with Crippen LogP contribution in [0.15, 0.2) is 101 Å². The van der Waals surface area contributed by atoms with E-state index in [-0.39, 0.29) is 11.1 Å². The van der Waals surface area contributed by atoms with E-state index in [1.807, 2.05) is 25.1 Å².